The fourth-order valence-corrected chi connectivity index (χ4v) is 14.9. The van der Waals surface area contributed by atoms with Crippen molar-refractivity contribution in [2.45, 2.75) is 86.0 Å². The SMILES string of the molecule is CN(C)c1nc(N)nc(N(C)CCc2ccsc2)n1.CN(C)c1nc(NCCc2ccsc2)nc(N(C)C)n1.CNc1nc(N)nc(N(C)CCc2ccc(C)[nH]2)n1.CNc1nc(N)nc(NCCc2ccc(C)[nH]2)n1.CNc1nc(NC)nc(NCCc2ccc(C)[nH]2)n1.CNc1nc(NC)nc(NCCc2ccsc2)n1.Cc1ccc(CCN(C)c2nc(N)nc(N)n2)[nH]1.Cc1ccc(CCNc2nc(N)nc(N)n2)[nH]1. The molecule has 0 saturated heterocycles. The topological polar surface area (TPSA) is 722 Å². The second kappa shape index (κ2) is 59.8. The van der Waals surface area contributed by atoms with E-state index >= 15 is 0 Å². The van der Waals surface area contributed by atoms with Gasteiger partial charge in [-0.3, -0.25) is 0 Å². The van der Waals surface area contributed by atoms with Crippen LogP contribution in [-0.2, 0) is 51.4 Å². The van der Waals surface area contributed by atoms with Gasteiger partial charge in [-0.15, -0.1) is 0 Å². The van der Waals surface area contributed by atoms with Crippen molar-refractivity contribution in [3.63, 3.8) is 0 Å². The average molecular weight is 2090 g/mol. The van der Waals surface area contributed by atoms with Gasteiger partial charge in [-0.1, -0.05) is 0 Å². The predicted octanol–water partition coefficient (Wildman–Crippen LogP) is 8.17. The van der Waals surface area contributed by atoms with Gasteiger partial charge in [-0.2, -0.15) is 154 Å². The summed E-state index contributed by atoms with van der Waals surface area (Å²) in [7, 11) is 27.8. The van der Waals surface area contributed by atoms with Crippen LogP contribution in [-0.4, -0.2) is 303 Å². The molecule has 0 amide bonds. The number of hydrogen-bond donors (Lipinski definition) is 23. The highest BCUT2D eigenvalue weighted by Crippen LogP contribution is 2.21. The quantitative estimate of drug-likeness (QED) is 0.0172. The molecule has 0 fully saturated rings. The first-order chi connectivity index (χ1) is 71.1. The summed E-state index contributed by atoms with van der Waals surface area (Å²) in [5, 5.41) is 45.8. The van der Waals surface area contributed by atoms with E-state index in [1.807, 2.05) is 146 Å². The Morgan fingerprint density at radius 3 is 0.743 bits per heavy atom. The Balaban J connectivity index is 0.000000188. The van der Waals surface area contributed by atoms with E-state index in [1.54, 1.807) is 76.3 Å². The molecule has 0 aromatic carbocycles. The molecule has 0 atom stereocenters. The number of nitrogens with one attached hydrogen (secondary N) is 16. The van der Waals surface area contributed by atoms with Crippen molar-refractivity contribution in [2.24, 2.45) is 0 Å². The number of hydrogen-bond acceptors (Lipinski definition) is 51. The minimum atomic E-state index is 0.121. The average Bonchev–Trinajstić information content (AvgIpc) is 0.948. The van der Waals surface area contributed by atoms with Gasteiger partial charge in [-0.05, 0) is 182 Å². The standard InChI is InChI=1S/C13H20N6S.2C12H19N7.C12H18N6S.2C11H17N7.C11H16N6S.C10H15N7/c1-18(2)12-15-11(16-13(17-12)19(3)4)14-7-5-10-6-8-20-9-10;1-8-4-5-9(15-8)6-7-19(3)12-17-10(13)16-11(14-2)18-12;1-8-4-5-9(16-8)6-7-15-12-18-10(13-2)17-11(14-3)19-12;1-17(2)11-14-10(13)15-12(16-11)18(3)6-4-9-5-7-19-8-9;1-7-3-4-8(14-7)5-6-18(2)11-16-9(12)15-10(13)17-11;1-7-3-4-8(15-7)5-6-14-11-17-9(12)16-10(13-2)18-11;1-12-9-15-10(13-2)17-11(16-9)14-5-3-8-4-6-18-7-8;1-6-2-3-7(14-6)4-5-13-10-16-8(11)15-9(12)17-10/h6,8-9H,5,7H2,1-4H3,(H,14,15,16,17);4-5,15H,6-7H2,1-3H3,(H3,13,14,16,17,18);4-5,16H,6-7H2,1-3H3,(H3,13,14,15,17,18,19);5,7-8H,4,6H2,1-3H3,(H2,13,14,15,16);3-4,14H,5-6H2,1-2H3,(H4,12,13,15,16,17);3-4,15H,5-6H2,1-2H3,(H4,12,13,14,16,17,18);4,6-7H,3,5H2,1-2H3,(H3,12,13,14,15,16,17);2-3,14H,4-5H2,1H3,(H5,11,12,13,15,16,17). The van der Waals surface area contributed by atoms with Gasteiger partial charge in [0.15, 0.2) is 0 Å². The number of aromatic nitrogens is 29. The van der Waals surface area contributed by atoms with Crippen LogP contribution in [0.15, 0.2) is 111 Å². The zero-order chi connectivity index (χ0) is 107. The Labute approximate surface area is 873 Å². The van der Waals surface area contributed by atoms with E-state index in [0.717, 1.165) is 120 Å². The van der Waals surface area contributed by atoms with E-state index < -0.39 is 0 Å². The highest BCUT2D eigenvalue weighted by molar-refractivity contribution is 7.08. The number of nitrogen functional groups attached to an aromatic ring is 7. The van der Waals surface area contributed by atoms with Gasteiger partial charge in [-0.25, -0.2) is 0 Å². The maximum absolute atomic E-state index is 5.71. The molecule has 0 aliphatic heterocycles. The lowest BCUT2D eigenvalue weighted by molar-refractivity contribution is 0.819. The lowest BCUT2D eigenvalue weighted by atomic mass is 10.2. The van der Waals surface area contributed by atoms with Gasteiger partial charge in [0.05, 0.1) is 0 Å². The van der Waals surface area contributed by atoms with Crippen LogP contribution >= 0.6 is 34.0 Å². The molecule has 16 rings (SSSR count). The number of aromatic amines is 5. The van der Waals surface area contributed by atoms with Gasteiger partial charge in [0.2, 0.25) is 143 Å². The molecule has 30 N–H and O–H groups in total. The van der Waals surface area contributed by atoms with Crippen molar-refractivity contribution in [1.82, 2.24) is 145 Å². The van der Waals surface area contributed by atoms with E-state index in [4.69, 9.17) is 40.1 Å². The predicted molar refractivity (Wildman–Crippen MR) is 602 cm³/mol. The summed E-state index contributed by atoms with van der Waals surface area (Å²) in [6.45, 7) is 16.4. The van der Waals surface area contributed by atoms with Crippen molar-refractivity contribution in [3.05, 3.63) is 185 Å². The summed E-state index contributed by atoms with van der Waals surface area (Å²) in [4.78, 5) is 127. The highest BCUT2D eigenvalue weighted by atomic mass is 32.1. The molecule has 0 saturated carbocycles. The summed E-state index contributed by atoms with van der Waals surface area (Å²) in [5.41, 5.74) is 54.6. The lowest BCUT2D eigenvalue weighted by Gasteiger charge is -2.18. The van der Waals surface area contributed by atoms with Crippen molar-refractivity contribution < 1.29 is 0 Å². The van der Waals surface area contributed by atoms with E-state index in [9.17, 15) is 0 Å². The molecule has 0 unspecified atom stereocenters. The van der Waals surface area contributed by atoms with E-state index in [-0.39, 0.29) is 41.6 Å². The molecule has 148 heavy (non-hydrogen) atoms. The third-order valence-corrected chi connectivity index (χ3v) is 22.7. The zero-order valence-electron chi connectivity index (χ0n) is 87.5. The Hall–Kier alpha value is -17.2. The fraction of sp³-hybridized carbons (Fsp3) is 0.391. The van der Waals surface area contributed by atoms with E-state index in [1.165, 1.54) is 50.9 Å². The summed E-state index contributed by atoms with van der Waals surface area (Å²) >= 11 is 5.13. The minimum Gasteiger partial charge on any atom is -0.368 e. The van der Waals surface area contributed by atoms with Crippen LogP contribution in [0.2, 0.25) is 0 Å². The number of likely N-dealkylation sites (N-methyl/N-ethyl adjacent to an activating group) is 3. The maximum atomic E-state index is 5.71. The smallest absolute Gasteiger partial charge is 0.231 e. The number of aryl methyl sites for hydroxylation is 5. The second-order valence-corrected chi connectivity index (χ2v) is 35.7. The molecule has 0 spiro atoms. The van der Waals surface area contributed by atoms with Crippen LogP contribution in [0.3, 0.4) is 0 Å². The molecule has 792 valence electrons. The Bertz CT molecular complexity index is 6400. The number of nitrogens with zero attached hydrogens (tertiary/aromatic N) is 30. The van der Waals surface area contributed by atoms with Crippen molar-refractivity contribution in [2.75, 3.05) is 286 Å². The van der Waals surface area contributed by atoms with Gasteiger partial charge in [0, 0.05) is 247 Å². The Morgan fingerprint density at radius 1 is 0.223 bits per heavy atom. The lowest BCUT2D eigenvalue weighted by Crippen LogP contribution is -2.25. The molecule has 16 aromatic heterocycles. The van der Waals surface area contributed by atoms with Crippen LogP contribution in [0.4, 0.5) is 143 Å². The third-order valence-electron chi connectivity index (χ3n) is 20.5. The molecular weight excluding hydrogens is 1940 g/mol. The van der Waals surface area contributed by atoms with Crippen LogP contribution in [0.25, 0.3) is 0 Å². The second-order valence-electron chi connectivity index (χ2n) is 33.4. The first-order valence-corrected chi connectivity index (χ1v) is 49.9. The van der Waals surface area contributed by atoms with Crippen LogP contribution < -0.4 is 128 Å². The number of nitrogens with two attached hydrogens (primary N) is 7. The van der Waals surface area contributed by atoms with Crippen molar-refractivity contribution in [3.8, 4) is 0 Å². The molecule has 0 bridgehead atoms. The van der Waals surface area contributed by atoms with Gasteiger partial charge < -0.3 is 153 Å². The Morgan fingerprint density at radius 2 is 0.432 bits per heavy atom. The summed E-state index contributed by atoms with van der Waals surface area (Å²) < 4.78 is 0. The van der Waals surface area contributed by atoms with Crippen LogP contribution in [0.1, 0.15) is 73.6 Å². The van der Waals surface area contributed by atoms with Crippen LogP contribution in [0, 0.1) is 34.6 Å². The highest BCUT2D eigenvalue weighted by Gasteiger charge is 2.17. The van der Waals surface area contributed by atoms with Gasteiger partial charge >= 0.3 is 0 Å². The molecule has 53 nitrogen and oxygen atoms in total. The summed E-state index contributed by atoms with van der Waals surface area (Å²) in [5.74, 6) is 10.5. The largest absolute Gasteiger partial charge is 0.368 e. The molecule has 0 radical (unpaired) electrons. The normalized spacial score (nSPS) is 10.4. The summed E-state index contributed by atoms with van der Waals surface area (Å²) in [6.07, 6.45) is 7.25. The molecule has 16 aromatic rings. The maximum Gasteiger partial charge on any atom is 0.231 e. The monoisotopic (exact) mass is 2080 g/mol. The first kappa shape index (κ1) is 114. The number of anilines is 24. The summed E-state index contributed by atoms with van der Waals surface area (Å²) in [6, 6.07) is 27.0. The first-order valence-electron chi connectivity index (χ1n) is 47.1. The molecular formula is C92H141N53S3. The minimum absolute atomic E-state index is 0.121. The molecule has 16 heterocycles. The molecule has 0 aliphatic rings. The van der Waals surface area contributed by atoms with Crippen LogP contribution in [0.5, 0.6) is 0 Å². The fourth-order valence-electron chi connectivity index (χ4n) is 12.8. The zero-order valence-corrected chi connectivity index (χ0v) is 89.9. The number of H-pyrrole nitrogens is 5. The third kappa shape index (κ3) is 41.2. The number of thiophene rings is 3. The molecule has 56 heteroatoms. The van der Waals surface area contributed by atoms with Crippen molar-refractivity contribution >= 4 is 177 Å². The number of rotatable bonds is 41. The van der Waals surface area contributed by atoms with Gasteiger partial charge in [0.25, 0.3) is 0 Å². The van der Waals surface area contributed by atoms with E-state index in [0.29, 0.717) is 108 Å². The molecule has 0 aliphatic carbocycles. The van der Waals surface area contributed by atoms with Gasteiger partial charge in [0.1, 0.15) is 0 Å². The van der Waals surface area contributed by atoms with E-state index in [2.05, 4.69) is 296 Å². The Kier molecular flexibility index (Phi) is 46.2. The van der Waals surface area contributed by atoms with Crippen molar-refractivity contribution in [1.29, 1.82) is 0 Å².